The van der Waals surface area contributed by atoms with Crippen LogP contribution in [0.25, 0.3) is 0 Å². The van der Waals surface area contributed by atoms with Crippen molar-refractivity contribution >= 4 is 23.1 Å². The zero-order chi connectivity index (χ0) is 9.68. The summed E-state index contributed by atoms with van der Waals surface area (Å²) >= 11 is 5.52. The Labute approximate surface area is 83.4 Å². The van der Waals surface area contributed by atoms with Gasteiger partial charge >= 0.3 is 0 Å². The SMILES string of the molecule is CCc1cccc(N=C(N)CCl)c1. The fourth-order valence-corrected chi connectivity index (χ4v) is 1.10. The monoisotopic (exact) mass is 196 g/mol. The summed E-state index contributed by atoms with van der Waals surface area (Å²) in [5.74, 6) is 0.728. The number of alkyl halides is 1. The van der Waals surface area contributed by atoms with Crippen LogP contribution in [-0.2, 0) is 6.42 Å². The molecule has 0 atom stereocenters. The van der Waals surface area contributed by atoms with Crippen molar-refractivity contribution in [3.05, 3.63) is 29.8 Å². The van der Waals surface area contributed by atoms with Gasteiger partial charge in [0.05, 0.1) is 11.6 Å². The van der Waals surface area contributed by atoms with E-state index in [1.165, 1.54) is 5.56 Å². The molecule has 0 radical (unpaired) electrons. The number of benzene rings is 1. The van der Waals surface area contributed by atoms with Crippen LogP contribution in [0.1, 0.15) is 12.5 Å². The van der Waals surface area contributed by atoms with E-state index in [0.29, 0.717) is 5.84 Å². The molecule has 13 heavy (non-hydrogen) atoms. The molecule has 2 nitrogen and oxygen atoms in total. The summed E-state index contributed by atoms with van der Waals surface area (Å²) in [5, 5.41) is 0. The third-order valence-corrected chi connectivity index (χ3v) is 2.00. The lowest BCUT2D eigenvalue weighted by molar-refractivity contribution is 1.14. The molecule has 2 N–H and O–H groups in total. The molecule has 0 bridgehead atoms. The van der Waals surface area contributed by atoms with E-state index in [2.05, 4.69) is 18.0 Å². The van der Waals surface area contributed by atoms with Crippen molar-refractivity contribution in [1.29, 1.82) is 0 Å². The van der Waals surface area contributed by atoms with Crippen molar-refractivity contribution in [3.8, 4) is 0 Å². The minimum atomic E-state index is 0.274. The Bertz CT molecular complexity index is 308. The van der Waals surface area contributed by atoms with Gasteiger partial charge in [-0.25, -0.2) is 4.99 Å². The van der Waals surface area contributed by atoms with Gasteiger partial charge in [-0.2, -0.15) is 0 Å². The van der Waals surface area contributed by atoms with E-state index in [1.54, 1.807) is 0 Å². The Balaban J connectivity index is 2.89. The zero-order valence-corrected chi connectivity index (χ0v) is 8.38. The number of hydrogen-bond donors (Lipinski definition) is 1. The van der Waals surface area contributed by atoms with Crippen molar-refractivity contribution in [2.75, 3.05) is 5.88 Å². The molecular weight excluding hydrogens is 184 g/mol. The quantitative estimate of drug-likeness (QED) is 0.450. The van der Waals surface area contributed by atoms with Crippen molar-refractivity contribution in [2.45, 2.75) is 13.3 Å². The second-order valence-corrected chi connectivity index (χ2v) is 3.03. The van der Waals surface area contributed by atoms with Gasteiger partial charge in [-0.05, 0) is 24.1 Å². The first-order valence-corrected chi connectivity index (χ1v) is 4.77. The molecular formula is C10H13ClN2. The van der Waals surface area contributed by atoms with Crippen LogP contribution in [0, 0.1) is 0 Å². The molecule has 0 aromatic heterocycles. The van der Waals surface area contributed by atoms with Gasteiger partial charge in [0.15, 0.2) is 0 Å². The van der Waals surface area contributed by atoms with Crippen LogP contribution < -0.4 is 5.73 Å². The normalized spacial score (nSPS) is 11.7. The number of nitrogens with zero attached hydrogens (tertiary/aromatic N) is 1. The average molecular weight is 197 g/mol. The second-order valence-electron chi connectivity index (χ2n) is 2.76. The van der Waals surface area contributed by atoms with E-state index in [4.69, 9.17) is 17.3 Å². The Kier molecular flexibility index (Phi) is 3.77. The minimum absolute atomic E-state index is 0.274. The lowest BCUT2D eigenvalue weighted by Gasteiger charge is -1.99. The molecule has 1 aromatic carbocycles. The Morgan fingerprint density at radius 2 is 2.31 bits per heavy atom. The fourth-order valence-electron chi connectivity index (χ4n) is 1.04. The predicted molar refractivity (Wildman–Crippen MR) is 57.8 cm³/mol. The van der Waals surface area contributed by atoms with Gasteiger partial charge in [0, 0.05) is 0 Å². The molecule has 0 heterocycles. The van der Waals surface area contributed by atoms with Gasteiger partial charge in [0.1, 0.15) is 5.84 Å². The van der Waals surface area contributed by atoms with Crippen LogP contribution in [0.2, 0.25) is 0 Å². The lowest BCUT2D eigenvalue weighted by Crippen LogP contribution is -2.12. The number of aryl methyl sites for hydroxylation is 1. The van der Waals surface area contributed by atoms with Crippen molar-refractivity contribution in [3.63, 3.8) is 0 Å². The van der Waals surface area contributed by atoms with E-state index in [0.717, 1.165) is 12.1 Å². The van der Waals surface area contributed by atoms with Gasteiger partial charge in [0.2, 0.25) is 0 Å². The van der Waals surface area contributed by atoms with Crippen LogP contribution in [0.5, 0.6) is 0 Å². The molecule has 0 fully saturated rings. The standard InChI is InChI=1S/C10H13ClN2/c1-2-8-4-3-5-9(6-8)13-10(12)7-11/h3-6H,2,7H2,1H3,(H2,12,13). The molecule has 3 heteroatoms. The van der Waals surface area contributed by atoms with Crippen LogP contribution in [0.3, 0.4) is 0 Å². The van der Waals surface area contributed by atoms with Crippen LogP contribution in [0.4, 0.5) is 5.69 Å². The molecule has 0 aliphatic heterocycles. The number of hydrogen-bond acceptors (Lipinski definition) is 1. The van der Waals surface area contributed by atoms with Crippen molar-refractivity contribution < 1.29 is 0 Å². The van der Waals surface area contributed by atoms with E-state index in [9.17, 15) is 0 Å². The summed E-state index contributed by atoms with van der Waals surface area (Å²) in [6, 6.07) is 7.97. The molecule has 0 unspecified atom stereocenters. The van der Waals surface area contributed by atoms with E-state index in [1.807, 2.05) is 18.2 Å². The maximum Gasteiger partial charge on any atom is 0.115 e. The third kappa shape index (κ3) is 3.07. The Morgan fingerprint density at radius 3 is 2.92 bits per heavy atom. The number of rotatable bonds is 3. The fraction of sp³-hybridized carbons (Fsp3) is 0.300. The number of nitrogens with two attached hydrogens (primary N) is 1. The highest BCUT2D eigenvalue weighted by Crippen LogP contribution is 2.14. The van der Waals surface area contributed by atoms with Gasteiger partial charge in [0.25, 0.3) is 0 Å². The van der Waals surface area contributed by atoms with Gasteiger partial charge in [-0.15, -0.1) is 11.6 Å². The molecule has 0 aliphatic rings. The summed E-state index contributed by atoms with van der Waals surface area (Å²) in [7, 11) is 0. The summed E-state index contributed by atoms with van der Waals surface area (Å²) in [6.45, 7) is 2.10. The lowest BCUT2D eigenvalue weighted by atomic mass is 10.1. The van der Waals surface area contributed by atoms with E-state index in [-0.39, 0.29) is 5.88 Å². The van der Waals surface area contributed by atoms with Crippen molar-refractivity contribution in [2.24, 2.45) is 10.7 Å². The minimum Gasteiger partial charge on any atom is -0.386 e. The Hall–Kier alpha value is -1.02. The molecule has 1 rings (SSSR count). The van der Waals surface area contributed by atoms with Crippen LogP contribution in [-0.4, -0.2) is 11.7 Å². The summed E-state index contributed by atoms with van der Waals surface area (Å²) in [5.41, 5.74) is 7.64. The van der Waals surface area contributed by atoms with Crippen LogP contribution >= 0.6 is 11.6 Å². The zero-order valence-electron chi connectivity index (χ0n) is 7.63. The van der Waals surface area contributed by atoms with E-state index >= 15 is 0 Å². The first-order chi connectivity index (χ1) is 6.26. The van der Waals surface area contributed by atoms with Gasteiger partial charge in [-0.3, -0.25) is 0 Å². The number of aliphatic imine (C=N–C) groups is 1. The molecule has 0 saturated carbocycles. The maximum absolute atomic E-state index is 5.52. The third-order valence-electron chi connectivity index (χ3n) is 1.73. The first kappa shape index (κ1) is 10.1. The first-order valence-electron chi connectivity index (χ1n) is 4.24. The van der Waals surface area contributed by atoms with Crippen molar-refractivity contribution in [1.82, 2.24) is 0 Å². The molecule has 0 amide bonds. The van der Waals surface area contributed by atoms with Gasteiger partial charge < -0.3 is 5.73 Å². The predicted octanol–water partition coefficient (Wildman–Crippen LogP) is 2.48. The number of amidine groups is 1. The molecule has 70 valence electrons. The summed E-state index contributed by atoms with van der Waals surface area (Å²) < 4.78 is 0. The summed E-state index contributed by atoms with van der Waals surface area (Å²) in [4.78, 5) is 4.15. The molecule has 1 aromatic rings. The topological polar surface area (TPSA) is 38.4 Å². The Morgan fingerprint density at radius 1 is 1.54 bits per heavy atom. The van der Waals surface area contributed by atoms with E-state index < -0.39 is 0 Å². The highest BCUT2D eigenvalue weighted by Gasteiger charge is 1.93. The smallest absolute Gasteiger partial charge is 0.115 e. The molecule has 0 saturated heterocycles. The second kappa shape index (κ2) is 4.87. The number of halogens is 1. The highest BCUT2D eigenvalue weighted by molar-refractivity contribution is 6.28. The van der Waals surface area contributed by atoms with Gasteiger partial charge in [-0.1, -0.05) is 19.1 Å². The molecule has 0 spiro atoms. The summed E-state index contributed by atoms with van der Waals surface area (Å²) in [6.07, 6.45) is 1.00. The highest BCUT2D eigenvalue weighted by atomic mass is 35.5. The molecule has 0 aliphatic carbocycles. The average Bonchev–Trinajstić information content (AvgIpc) is 2.18. The maximum atomic E-state index is 5.52. The largest absolute Gasteiger partial charge is 0.386 e. The van der Waals surface area contributed by atoms with Crippen LogP contribution in [0.15, 0.2) is 29.3 Å².